The lowest BCUT2D eigenvalue weighted by atomic mass is 9.91. The molecule has 1 atom stereocenters. The molecule has 1 saturated heterocycles. The van der Waals surface area contributed by atoms with E-state index >= 15 is 0 Å². The van der Waals surface area contributed by atoms with E-state index in [1.165, 1.54) is 6.92 Å². The van der Waals surface area contributed by atoms with Crippen molar-refractivity contribution in [3.05, 3.63) is 23.0 Å². The van der Waals surface area contributed by atoms with Crippen molar-refractivity contribution in [1.29, 1.82) is 0 Å². The molecule has 146 valence electrons. The fourth-order valence-electron chi connectivity index (χ4n) is 4.43. The fourth-order valence-corrected chi connectivity index (χ4v) is 4.43. The zero-order valence-electron chi connectivity index (χ0n) is 15.2. The molecule has 0 aromatic carbocycles. The lowest BCUT2D eigenvalue weighted by Gasteiger charge is -2.33. The predicted molar refractivity (Wildman–Crippen MR) is 92.1 cm³/mol. The maximum atomic E-state index is 13.6. The Labute approximate surface area is 154 Å². The number of pyridine rings is 1. The number of carbonyl (C=O) groups is 1. The lowest BCUT2D eigenvalue weighted by Crippen LogP contribution is -2.42. The number of nitrogens with zero attached hydrogens (tertiary/aromatic N) is 3. The number of rotatable bonds is 2. The summed E-state index contributed by atoms with van der Waals surface area (Å²) < 4.78 is 45.9. The van der Waals surface area contributed by atoms with Crippen molar-refractivity contribution in [2.45, 2.75) is 57.5 Å². The normalized spacial score (nSPS) is 21.9. The largest absolute Gasteiger partial charge is 0.417 e. The van der Waals surface area contributed by atoms with Gasteiger partial charge in [0.15, 0.2) is 0 Å². The van der Waals surface area contributed by atoms with Crippen molar-refractivity contribution in [3.8, 4) is 0 Å². The second-order valence-corrected chi connectivity index (χ2v) is 7.66. The highest BCUT2D eigenvalue weighted by Gasteiger charge is 2.38. The summed E-state index contributed by atoms with van der Waals surface area (Å²) in [6.45, 7) is 2.55. The van der Waals surface area contributed by atoms with Crippen LogP contribution in [0.5, 0.6) is 0 Å². The maximum Gasteiger partial charge on any atom is 0.417 e. The van der Waals surface area contributed by atoms with E-state index in [1.54, 1.807) is 4.90 Å². The van der Waals surface area contributed by atoms with Gasteiger partial charge in [0.25, 0.3) is 5.71 Å². The average Bonchev–Trinajstić information content (AvgIpc) is 3.29. The first kappa shape index (κ1) is 18.3. The molecule has 5 nitrogen and oxygen atoms in total. The third kappa shape index (κ3) is 3.41. The van der Waals surface area contributed by atoms with Crippen LogP contribution in [-0.2, 0) is 11.0 Å². The zero-order chi connectivity index (χ0) is 19.2. The number of piperidine rings is 1. The highest BCUT2D eigenvalue weighted by molar-refractivity contribution is 5.82. The number of aryl methyl sites for hydroxylation is 1. The number of fused-ring (bicyclic) bond motifs is 1. The van der Waals surface area contributed by atoms with Crippen LogP contribution in [0.4, 0.5) is 13.2 Å². The zero-order valence-corrected chi connectivity index (χ0v) is 15.2. The van der Waals surface area contributed by atoms with Gasteiger partial charge in [-0.1, -0.05) is 18.0 Å². The molecule has 0 spiro atoms. The fraction of sp³-hybridized carbons (Fsp3) is 0.632. The molecule has 1 aliphatic carbocycles. The highest BCUT2D eigenvalue weighted by Crippen LogP contribution is 2.40. The van der Waals surface area contributed by atoms with Gasteiger partial charge in [0.1, 0.15) is 0 Å². The number of carbonyl (C=O) groups excluding carboxylic acids is 1. The van der Waals surface area contributed by atoms with Gasteiger partial charge in [-0.3, -0.25) is 4.79 Å². The average molecular weight is 381 g/mol. The van der Waals surface area contributed by atoms with Gasteiger partial charge >= 0.3 is 6.18 Å². The molecule has 1 aliphatic heterocycles. The molecule has 0 unspecified atom stereocenters. The summed E-state index contributed by atoms with van der Waals surface area (Å²) in [6.07, 6.45) is 0.880. The van der Waals surface area contributed by atoms with Gasteiger partial charge in [0.05, 0.1) is 16.6 Å². The minimum atomic E-state index is -4.51. The smallest absolute Gasteiger partial charge is 0.342 e. The van der Waals surface area contributed by atoms with Crippen molar-refractivity contribution in [3.63, 3.8) is 0 Å². The molecule has 4 rings (SSSR count). The Balaban J connectivity index is 1.66. The summed E-state index contributed by atoms with van der Waals surface area (Å²) >= 11 is 0. The van der Waals surface area contributed by atoms with E-state index in [2.05, 4.69) is 10.1 Å². The Kier molecular flexibility index (Phi) is 4.60. The first-order valence-corrected chi connectivity index (χ1v) is 9.47. The van der Waals surface area contributed by atoms with Crippen molar-refractivity contribution in [2.75, 3.05) is 13.1 Å². The number of halogens is 3. The molecule has 0 bridgehead atoms. The third-order valence-electron chi connectivity index (χ3n) is 5.73. The van der Waals surface area contributed by atoms with Gasteiger partial charge in [-0.15, -0.1) is 0 Å². The summed E-state index contributed by atoms with van der Waals surface area (Å²) in [5.74, 6) is -0.0705. The first-order chi connectivity index (χ1) is 12.8. The molecule has 1 amide bonds. The second kappa shape index (κ2) is 6.80. The van der Waals surface area contributed by atoms with Crippen LogP contribution in [0.1, 0.15) is 61.4 Å². The topological polar surface area (TPSA) is 59.2 Å². The molecule has 2 aromatic heterocycles. The highest BCUT2D eigenvalue weighted by atomic mass is 19.4. The number of likely N-dealkylation sites (tertiary alicyclic amines) is 1. The van der Waals surface area contributed by atoms with Crippen molar-refractivity contribution in [1.82, 2.24) is 15.0 Å². The van der Waals surface area contributed by atoms with E-state index < -0.39 is 11.7 Å². The molecule has 1 saturated carbocycles. The number of hydrogen-bond acceptors (Lipinski definition) is 4. The molecule has 27 heavy (non-hydrogen) atoms. The van der Waals surface area contributed by atoms with Crippen LogP contribution in [-0.4, -0.2) is 34.0 Å². The Morgan fingerprint density at radius 1 is 1.22 bits per heavy atom. The molecule has 2 fully saturated rings. The van der Waals surface area contributed by atoms with Gasteiger partial charge in [-0.25, -0.2) is 4.98 Å². The predicted octanol–water partition coefficient (Wildman–Crippen LogP) is 4.45. The summed E-state index contributed by atoms with van der Waals surface area (Å²) in [5.41, 5.74) is -0.343. The van der Waals surface area contributed by atoms with Crippen LogP contribution in [0.2, 0.25) is 0 Å². The molecule has 3 heterocycles. The minimum Gasteiger partial charge on any atom is -0.342 e. The van der Waals surface area contributed by atoms with Crippen molar-refractivity contribution in [2.24, 2.45) is 5.92 Å². The monoisotopic (exact) mass is 381 g/mol. The Morgan fingerprint density at radius 2 is 1.96 bits per heavy atom. The van der Waals surface area contributed by atoms with Crippen LogP contribution in [0.25, 0.3) is 11.1 Å². The van der Waals surface area contributed by atoms with Crippen molar-refractivity contribution >= 4 is 17.0 Å². The standard InChI is InChI=1S/C19H22F3N3O2/c1-11-9-14(19(20,21)22)15-16(24-27-17(15)23-11)13-7-4-8-25(10-13)18(26)12-5-2-3-6-12/h9,12-13H,2-8,10H2,1H3/t13-/m1/s1. The molecule has 8 heteroatoms. The number of amides is 1. The molecular formula is C19H22F3N3O2. The van der Waals surface area contributed by atoms with Crippen LogP contribution < -0.4 is 0 Å². The van der Waals surface area contributed by atoms with Gasteiger partial charge in [-0.2, -0.15) is 13.2 Å². The van der Waals surface area contributed by atoms with E-state index in [9.17, 15) is 18.0 Å². The number of alkyl halides is 3. The number of aromatic nitrogens is 2. The first-order valence-electron chi connectivity index (χ1n) is 9.47. The third-order valence-corrected chi connectivity index (χ3v) is 5.73. The Bertz CT molecular complexity index is 856. The molecule has 2 aromatic rings. The van der Waals surface area contributed by atoms with Gasteiger partial charge in [0.2, 0.25) is 5.91 Å². The van der Waals surface area contributed by atoms with E-state index in [0.29, 0.717) is 19.5 Å². The minimum absolute atomic E-state index is 0.0618. The van der Waals surface area contributed by atoms with Crippen LogP contribution >= 0.6 is 0 Å². The summed E-state index contributed by atoms with van der Waals surface area (Å²) in [5, 5.41) is 3.89. The quantitative estimate of drug-likeness (QED) is 0.771. The maximum absolute atomic E-state index is 13.6. The molecular weight excluding hydrogens is 359 g/mol. The van der Waals surface area contributed by atoms with Crippen LogP contribution in [0.3, 0.4) is 0 Å². The summed E-state index contributed by atoms with van der Waals surface area (Å²) in [6, 6.07) is 1.04. The van der Waals surface area contributed by atoms with Gasteiger partial charge in [0, 0.05) is 30.6 Å². The van der Waals surface area contributed by atoms with E-state index in [0.717, 1.165) is 38.2 Å². The molecule has 0 radical (unpaired) electrons. The van der Waals surface area contributed by atoms with Gasteiger partial charge in [-0.05, 0) is 38.7 Å². The van der Waals surface area contributed by atoms with Crippen LogP contribution in [0.15, 0.2) is 10.6 Å². The van der Waals surface area contributed by atoms with E-state index in [-0.39, 0.29) is 40.2 Å². The lowest BCUT2D eigenvalue weighted by molar-refractivity contribution is -0.137. The Hall–Kier alpha value is -2.12. The number of hydrogen-bond donors (Lipinski definition) is 0. The van der Waals surface area contributed by atoms with Crippen molar-refractivity contribution < 1.29 is 22.5 Å². The van der Waals surface area contributed by atoms with Gasteiger partial charge < -0.3 is 9.42 Å². The van der Waals surface area contributed by atoms with E-state index in [1.807, 2.05) is 0 Å². The Morgan fingerprint density at radius 3 is 2.67 bits per heavy atom. The summed E-state index contributed by atoms with van der Waals surface area (Å²) in [4.78, 5) is 18.6. The SMILES string of the molecule is Cc1cc(C(F)(F)F)c2c([C@@H]3CCCN(C(=O)C4CCCC4)C3)noc2n1. The van der Waals surface area contributed by atoms with E-state index in [4.69, 9.17) is 4.52 Å². The second-order valence-electron chi connectivity index (χ2n) is 7.66. The van der Waals surface area contributed by atoms with Crippen LogP contribution in [0, 0.1) is 12.8 Å². The molecule has 0 N–H and O–H groups in total. The molecule has 2 aliphatic rings. The summed E-state index contributed by atoms with van der Waals surface area (Å²) in [7, 11) is 0.